The molecule has 0 spiro atoms. The van der Waals surface area contributed by atoms with Crippen molar-refractivity contribution in [3.63, 3.8) is 0 Å². The number of hydrogen-bond acceptors (Lipinski definition) is 5. The van der Waals surface area contributed by atoms with Crippen LogP contribution < -0.4 is 5.73 Å². The third-order valence-electron chi connectivity index (χ3n) is 2.19. The van der Waals surface area contributed by atoms with Gasteiger partial charge in [-0.25, -0.2) is 9.78 Å². The number of nitrogens with zero attached hydrogens (tertiary/aromatic N) is 3. The molecule has 0 aliphatic heterocycles. The molecule has 2 heterocycles. The average molecular weight is 297 g/mol. The van der Waals surface area contributed by atoms with Gasteiger partial charge in [-0.1, -0.05) is 0 Å². The lowest BCUT2D eigenvalue weighted by Gasteiger charge is -2.06. The van der Waals surface area contributed by atoms with Crippen LogP contribution in [0.2, 0.25) is 0 Å². The van der Waals surface area contributed by atoms with Crippen molar-refractivity contribution in [1.29, 1.82) is 0 Å². The highest BCUT2D eigenvalue weighted by Crippen LogP contribution is 2.23. The van der Waals surface area contributed by atoms with Gasteiger partial charge in [-0.15, -0.1) is 0 Å². The van der Waals surface area contributed by atoms with E-state index in [1.54, 1.807) is 23.0 Å². The molecule has 0 saturated heterocycles. The van der Waals surface area contributed by atoms with Gasteiger partial charge in [0.2, 0.25) is 0 Å². The topological polar surface area (TPSA) is 83.0 Å². The molecular formula is C10H9BrN4O2. The zero-order valence-corrected chi connectivity index (χ0v) is 10.5. The fourth-order valence-corrected chi connectivity index (χ4v) is 1.81. The summed E-state index contributed by atoms with van der Waals surface area (Å²) in [4.78, 5) is 19.2. The van der Waals surface area contributed by atoms with Crippen LogP contribution in [-0.2, 0) is 4.74 Å². The first-order valence-corrected chi connectivity index (χ1v) is 5.45. The number of ether oxygens (including phenoxy) is 1. The first-order chi connectivity index (χ1) is 8.15. The second-order valence-electron chi connectivity index (χ2n) is 3.17. The van der Waals surface area contributed by atoms with Crippen LogP contribution in [0.4, 0.5) is 5.82 Å². The molecule has 6 nitrogen and oxygen atoms in total. The molecule has 0 atom stereocenters. The largest absolute Gasteiger partial charge is 0.464 e. The lowest BCUT2D eigenvalue weighted by atomic mass is 10.4. The highest BCUT2D eigenvalue weighted by Gasteiger charge is 2.17. The van der Waals surface area contributed by atoms with Crippen molar-refractivity contribution < 1.29 is 9.53 Å². The Morgan fingerprint density at radius 3 is 3.00 bits per heavy atom. The smallest absolute Gasteiger partial charge is 0.360 e. The quantitative estimate of drug-likeness (QED) is 0.847. The Kier molecular flexibility index (Phi) is 3.10. The Labute approximate surface area is 106 Å². The predicted molar refractivity (Wildman–Crippen MR) is 64.8 cm³/mol. The summed E-state index contributed by atoms with van der Waals surface area (Å²) < 4.78 is 6.91. The van der Waals surface area contributed by atoms with Crippen LogP contribution in [0, 0.1) is 0 Å². The normalized spacial score (nSPS) is 10.2. The van der Waals surface area contributed by atoms with Gasteiger partial charge < -0.3 is 10.5 Å². The van der Waals surface area contributed by atoms with E-state index in [4.69, 9.17) is 5.73 Å². The number of rotatable bonds is 2. The second kappa shape index (κ2) is 4.54. The third-order valence-corrected chi connectivity index (χ3v) is 2.80. The number of hydrogen-bond donors (Lipinski definition) is 1. The highest BCUT2D eigenvalue weighted by atomic mass is 79.9. The lowest BCUT2D eigenvalue weighted by molar-refractivity contribution is 0.0596. The standard InChI is InChI=1S/C10H9BrN4O2/c1-17-10(16)8-9(12)15(5-14-8)7-2-3-13-4-6(7)11/h2-5H,12H2,1H3. The number of anilines is 1. The van der Waals surface area contributed by atoms with Crippen LogP contribution in [0.25, 0.3) is 5.69 Å². The summed E-state index contributed by atoms with van der Waals surface area (Å²) in [6.45, 7) is 0. The number of carbonyl (C=O) groups excluding carboxylic acids is 1. The van der Waals surface area contributed by atoms with Gasteiger partial charge in [-0.2, -0.15) is 0 Å². The second-order valence-corrected chi connectivity index (χ2v) is 4.02. The molecule has 0 aliphatic carbocycles. The van der Waals surface area contributed by atoms with Gasteiger partial charge in [0.1, 0.15) is 12.1 Å². The Hall–Kier alpha value is -1.89. The molecule has 88 valence electrons. The molecule has 0 aromatic carbocycles. The van der Waals surface area contributed by atoms with E-state index in [0.29, 0.717) is 0 Å². The summed E-state index contributed by atoms with van der Waals surface area (Å²) in [5.41, 5.74) is 6.68. The number of carbonyl (C=O) groups is 1. The summed E-state index contributed by atoms with van der Waals surface area (Å²) in [5.74, 6) is -0.338. The number of esters is 1. The fourth-order valence-electron chi connectivity index (χ4n) is 1.37. The van der Waals surface area contributed by atoms with Crippen molar-refractivity contribution in [1.82, 2.24) is 14.5 Å². The number of pyridine rings is 1. The number of aromatic nitrogens is 3. The zero-order chi connectivity index (χ0) is 12.4. The van der Waals surface area contributed by atoms with Crippen LogP contribution in [0.1, 0.15) is 10.5 Å². The number of nitrogens with two attached hydrogens (primary N) is 1. The van der Waals surface area contributed by atoms with Crippen molar-refractivity contribution in [3.05, 3.63) is 35.0 Å². The third kappa shape index (κ3) is 2.01. The Morgan fingerprint density at radius 2 is 2.35 bits per heavy atom. The average Bonchev–Trinajstić information content (AvgIpc) is 2.71. The summed E-state index contributed by atoms with van der Waals surface area (Å²) in [7, 11) is 1.28. The Morgan fingerprint density at radius 1 is 1.59 bits per heavy atom. The van der Waals surface area contributed by atoms with Gasteiger partial charge in [0, 0.05) is 12.4 Å². The minimum Gasteiger partial charge on any atom is -0.464 e. The van der Waals surface area contributed by atoms with Crippen molar-refractivity contribution in [3.8, 4) is 5.69 Å². The van der Waals surface area contributed by atoms with Crippen LogP contribution in [-0.4, -0.2) is 27.6 Å². The van der Waals surface area contributed by atoms with Crippen molar-refractivity contribution in [2.24, 2.45) is 0 Å². The first kappa shape index (κ1) is 11.6. The molecular weight excluding hydrogens is 288 g/mol. The molecule has 2 rings (SSSR count). The van der Waals surface area contributed by atoms with Crippen LogP contribution in [0.5, 0.6) is 0 Å². The number of nitrogen functional groups attached to an aromatic ring is 1. The predicted octanol–water partition coefficient (Wildman–Crippen LogP) is 1.40. The summed E-state index contributed by atoms with van der Waals surface area (Å²) in [6, 6.07) is 1.75. The summed E-state index contributed by atoms with van der Waals surface area (Å²) >= 11 is 3.35. The molecule has 0 radical (unpaired) electrons. The van der Waals surface area contributed by atoms with E-state index >= 15 is 0 Å². The molecule has 0 amide bonds. The highest BCUT2D eigenvalue weighted by molar-refractivity contribution is 9.10. The maximum atomic E-state index is 11.4. The minimum absolute atomic E-state index is 0.0937. The zero-order valence-electron chi connectivity index (χ0n) is 8.92. The van der Waals surface area contributed by atoms with E-state index in [1.165, 1.54) is 13.4 Å². The Bertz CT molecular complexity index is 567. The monoisotopic (exact) mass is 296 g/mol. The number of imidazole rings is 1. The van der Waals surface area contributed by atoms with Crippen molar-refractivity contribution in [2.75, 3.05) is 12.8 Å². The van der Waals surface area contributed by atoms with Gasteiger partial charge in [0.05, 0.1) is 17.3 Å². The molecule has 2 aromatic heterocycles. The minimum atomic E-state index is -0.563. The molecule has 17 heavy (non-hydrogen) atoms. The molecule has 2 N–H and O–H groups in total. The van der Waals surface area contributed by atoms with E-state index in [1.807, 2.05) is 0 Å². The molecule has 0 bridgehead atoms. The van der Waals surface area contributed by atoms with Gasteiger partial charge in [0.15, 0.2) is 5.69 Å². The van der Waals surface area contributed by atoms with Crippen molar-refractivity contribution in [2.45, 2.75) is 0 Å². The van der Waals surface area contributed by atoms with E-state index in [0.717, 1.165) is 10.2 Å². The summed E-state index contributed by atoms with van der Waals surface area (Å²) in [6.07, 6.45) is 4.71. The van der Waals surface area contributed by atoms with Crippen LogP contribution >= 0.6 is 15.9 Å². The van der Waals surface area contributed by atoms with E-state index in [-0.39, 0.29) is 11.5 Å². The van der Waals surface area contributed by atoms with Crippen LogP contribution in [0.3, 0.4) is 0 Å². The molecule has 0 saturated carbocycles. The van der Waals surface area contributed by atoms with Crippen LogP contribution in [0.15, 0.2) is 29.3 Å². The van der Waals surface area contributed by atoms with E-state index in [9.17, 15) is 4.79 Å². The van der Waals surface area contributed by atoms with Gasteiger partial charge in [-0.05, 0) is 22.0 Å². The lowest BCUT2D eigenvalue weighted by Crippen LogP contribution is -2.07. The summed E-state index contributed by atoms with van der Waals surface area (Å²) in [5, 5.41) is 0. The molecule has 7 heteroatoms. The maximum Gasteiger partial charge on any atom is 0.360 e. The van der Waals surface area contributed by atoms with E-state index in [2.05, 4.69) is 30.6 Å². The number of halogens is 1. The molecule has 2 aromatic rings. The van der Waals surface area contributed by atoms with Crippen molar-refractivity contribution >= 4 is 27.7 Å². The van der Waals surface area contributed by atoms with Gasteiger partial charge >= 0.3 is 5.97 Å². The number of methoxy groups -OCH3 is 1. The molecule has 0 aliphatic rings. The van der Waals surface area contributed by atoms with E-state index < -0.39 is 5.97 Å². The van der Waals surface area contributed by atoms with Gasteiger partial charge in [-0.3, -0.25) is 9.55 Å². The van der Waals surface area contributed by atoms with Gasteiger partial charge in [0.25, 0.3) is 0 Å². The fraction of sp³-hybridized carbons (Fsp3) is 0.100. The maximum absolute atomic E-state index is 11.4. The SMILES string of the molecule is COC(=O)c1ncn(-c2ccncc2Br)c1N. The molecule has 0 fully saturated rings. The Balaban J connectivity index is 2.52. The first-order valence-electron chi connectivity index (χ1n) is 4.66. The molecule has 0 unspecified atom stereocenters.